The lowest BCUT2D eigenvalue weighted by Gasteiger charge is -2.14. The number of nitrogens with zero attached hydrogens (tertiary/aromatic N) is 2. The van der Waals surface area contributed by atoms with Crippen molar-refractivity contribution in [3.8, 4) is 0 Å². The second-order valence-electron chi connectivity index (χ2n) is 7.87. The Labute approximate surface area is 184 Å². The first-order valence-electron chi connectivity index (χ1n) is 11.4. The zero-order chi connectivity index (χ0) is 21.6. The Morgan fingerprint density at radius 2 is 1.80 bits per heavy atom. The van der Waals surface area contributed by atoms with Gasteiger partial charge in [-0.1, -0.05) is 71.1 Å². The molecule has 1 aliphatic heterocycles. The number of aliphatic hydroxyl groups is 1. The number of amides is 1. The van der Waals surface area contributed by atoms with Gasteiger partial charge >= 0.3 is 5.69 Å². The zero-order valence-electron chi connectivity index (χ0n) is 18.2. The molecule has 7 nitrogen and oxygen atoms in total. The Morgan fingerprint density at radius 1 is 1.17 bits per heavy atom. The third-order valence-corrected chi connectivity index (χ3v) is 6.41. The molecule has 2 N–H and O–H groups in total. The number of rotatable bonds is 15. The largest absolute Gasteiger partial charge is 0.393 e. The number of unbranched alkanes of at least 4 members (excludes halogenated alkanes) is 10. The molecule has 2 rings (SSSR count). The molecule has 0 unspecified atom stereocenters. The minimum atomic E-state index is -0.466. The molecule has 0 bridgehead atoms. The maximum absolute atomic E-state index is 12.2. The van der Waals surface area contributed by atoms with Gasteiger partial charge in [0, 0.05) is 18.4 Å². The summed E-state index contributed by atoms with van der Waals surface area (Å²) in [5, 5.41) is 11.8. The summed E-state index contributed by atoms with van der Waals surface area (Å²) in [6.07, 6.45) is 15.3. The van der Waals surface area contributed by atoms with Crippen LogP contribution in [0.1, 0.15) is 90.2 Å². The summed E-state index contributed by atoms with van der Waals surface area (Å²) in [6, 6.07) is 1.61. The Kier molecular flexibility index (Phi) is 12.1. The first kappa shape index (κ1) is 24.9. The van der Waals surface area contributed by atoms with Crippen LogP contribution in [0.15, 0.2) is 17.1 Å². The summed E-state index contributed by atoms with van der Waals surface area (Å²) < 4.78 is 6.96. The average Bonchev–Trinajstić information content (AvgIpc) is 3.21. The Hall–Kier alpha value is -1.38. The molecule has 170 valence electrons. The molecule has 0 saturated carbocycles. The van der Waals surface area contributed by atoms with E-state index in [1.807, 2.05) is 0 Å². The molecule has 8 heteroatoms. The fraction of sp³-hybridized carbons (Fsp3) is 0.773. The van der Waals surface area contributed by atoms with E-state index in [1.165, 1.54) is 74.1 Å². The van der Waals surface area contributed by atoms with Crippen LogP contribution in [0.2, 0.25) is 0 Å². The SMILES string of the molecule is CCCCCCCCCCCCCC(=O)Nc1ccn([C@@H]2CS[C@H](CO)O2)c(=O)n1. The van der Waals surface area contributed by atoms with Gasteiger partial charge in [-0.05, 0) is 12.5 Å². The summed E-state index contributed by atoms with van der Waals surface area (Å²) in [7, 11) is 0. The van der Waals surface area contributed by atoms with Crippen molar-refractivity contribution in [1.82, 2.24) is 9.55 Å². The van der Waals surface area contributed by atoms with Gasteiger partial charge in [-0.15, -0.1) is 11.8 Å². The lowest BCUT2D eigenvalue weighted by atomic mass is 10.1. The van der Waals surface area contributed by atoms with Gasteiger partial charge in [-0.2, -0.15) is 4.98 Å². The topological polar surface area (TPSA) is 93.5 Å². The molecule has 2 atom stereocenters. The number of nitrogens with one attached hydrogen (secondary N) is 1. The lowest BCUT2D eigenvalue weighted by Crippen LogP contribution is -2.29. The third-order valence-electron chi connectivity index (χ3n) is 5.30. The van der Waals surface area contributed by atoms with Crippen LogP contribution in [0.4, 0.5) is 5.82 Å². The van der Waals surface area contributed by atoms with E-state index < -0.39 is 11.9 Å². The van der Waals surface area contributed by atoms with Crippen LogP contribution in [-0.4, -0.2) is 38.4 Å². The quantitative estimate of drug-likeness (QED) is 0.392. The molecule has 1 aliphatic rings. The van der Waals surface area contributed by atoms with Gasteiger partial charge in [-0.25, -0.2) is 4.79 Å². The highest BCUT2D eigenvalue weighted by atomic mass is 32.2. The number of aliphatic hydroxyl groups excluding tert-OH is 1. The Morgan fingerprint density at radius 3 is 2.37 bits per heavy atom. The van der Waals surface area contributed by atoms with Gasteiger partial charge < -0.3 is 15.2 Å². The molecular formula is C22H37N3O4S. The first-order valence-corrected chi connectivity index (χ1v) is 12.5. The van der Waals surface area contributed by atoms with E-state index >= 15 is 0 Å². The molecule has 1 aromatic heterocycles. The first-order chi connectivity index (χ1) is 14.6. The fourth-order valence-electron chi connectivity index (χ4n) is 3.54. The molecule has 1 aromatic rings. The van der Waals surface area contributed by atoms with Crippen LogP contribution in [0, 0.1) is 0 Å². The number of hydrogen-bond acceptors (Lipinski definition) is 6. The molecule has 1 amide bonds. The van der Waals surface area contributed by atoms with Crippen LogP contribution < -0.4 is 11.0 Å². The van der Waals surface area contributed by atoms with Crippen LogP contribution >= 0.6 is 11.8 Å². The highest BCUT2D eigenvalue weighted by molar-refractivity contribution is 8.00. The average molecular weight is 440 g/mol. The van der Waals surface area contributed by atoms with Crippen molar-refractivity contribution < 1.29 is 14.6 Å². The second-order valence-corrected chi connectivity index (χ2v) is 9.06. The summed E-state index contributed by atoms with van der Waals surface area (Å²) in [6.45, 7) is 2.16. The van der Waals surface area contributed by atoms with Crippen LogP contribution in [0.3, 0.4) is 0 Å². The number of carbonyl (C=O) groups excluding carboxylic acids is 1. The molecule has 1 fully saturated rings. The van der Waals surface area contributed by atoms with Gasteiger partial charge in [0.25, 0.3) is 0 Å². The molecular weight excluding hydrogens is 402 g/mol. The van der Waals surface area contributed by atoms with Crippen LogP contribution in [0.25, 0.3) is 0 Å². The lowest BCUT2D eigenvalue weighted by molar-refractivity contribution is -0.116. The van der Waals surface area contributed by atoms with Crippen molar-refractivity contribution in [3.63, 3.8) is 0 Å². The zero-order valence-corrected chi connectivity index (χ0v) is 19.0. The van der Waals surface area contributed by atoms with Crippen molar-refractivity contribution in [2.45, 2.75) is 95.6 Å². The smallest absolute Gasteiger partial charge is 0.351 e. The second kappa shape index (κ2) is 14.6. The van der Waals surface area contributed by atoms with Crippen molar-refractivity contribution in [2.24, 2.45) is 0 Å². The molecule has 0 aromatic carbocycles. The fourth-order valence-corrected chi connectivity index (χ4v) is 4.47. The number of carbonyl (C=O) groups is 1. The van der Waals surface area contributed by atoms with Crippen LogP contribution in [0.5, 0.6) is 0 Å². The molecule has 1 saturated heterocycles. The summed E-state index contributed by atoms with van der Waals surface area (Å²) in [4.78, 5) is 28.2. The maximum Gasteiger partial charge on any atom is 0.351 e. The van der Waals surface area contributed by atoms with Gasteiger partial charge in [0.1, 0.15) is 17.5 Å². The summed E-state index contributed by atoms with van der Waals surface area (Å²) in [5.41, 5.74) is -0.779. The monoisotopic (exact) mass is 439 g/mol. The van der Waals surface area contributed by atoms with E-state index in [2.05, 4.69) is 17.2 Å². The van der Waals surface area contributed by atoms with E-state index in [4.69, 9.17) is 9.84 Å². The van der Waals surface area contributed by atoms with E-state index in [0.29, 0.717) is 12.2 Å². The van der Waals surface area contributed by atoms with E-state index in [1.54, 1.807) is 12.3 Å². The third kappa shape index (κ3) is 9.18. The highest BCUT2D eigenvalue weighted by Gasteiger charge is 2.27. The summed E-state index contributed by atoms with van der Waals surface area (Å²) in [5.74, 6) is 0.745. The van der Waals surface area contributed by atoms with Crippen molar-refractivity contribution in [1.29, 1.82) is 0 Å². The van der Waals surface area contributed by atoms with Crippen molar-refractivity contribution in [3.05, 3.63) is 22.7 Å². The number of ether oxygens (including phenoxy) is 1. The van der Waals surface area contributed by atoms with Crippen LogP contribution in [-0.2, 0) is 9.53 Å². The van der Waals surface area contributed by atoms with Gasteiger partial charge in [-0.3, -0.25) is 9.36 Å². The van der Waals surface area contributed by atoms with Crippen molar-refractivity contribution in [2.75, 3.05) is 17.7 Å². The van der Waals surface area contributed by atoms with Crippen molar-refractivity contribution >= 4 is 23.5 Å². The normalized spacial score (nSPS) is 18.6. The van der Waals surface area contributed by atoms with E-state index in [-0.39, 0.29) is 23.8 Å². The van der Waals surface area contributed by atoms with E-state index in [0.717, 1.165) is 12.8 Å². The number of thioether (sulfide) groups is 1. The predicted octanol–water partition coefficient (Wildman–Crippen LogP) is 4.46. The Bertz CT molecular complexity index is 683. The Balaban J connectivity index is 1.57. The maximum atomic E-state index is 12.2. The standard InChI is InChI=1S/C22H37N3O4S/c1-2-3-4-5-6-7-8-9-10-11-12-13-19(27)23-18-14-15-25(22(28)24-18)20-17-30-21(16-26)29-20/h14-15,20-21,26H,2-13,16-17H2,1H3,(H,23,24,27,28)/t20-,21+/m0/s1. The molecule has 0 radical (unpaired) electrons. The minimum Gasteiger partial charge on any atom is -0.393 e. The number of hydrogen-bond donors (Lipinski definition) is 2. The minimum absolute atomic E-state index is 0.0868. The van der Waals surface area contributed by atoms with Gasteiger partial charge in [0.2, 0.25) is 5.91 Å². The number of anilines is 1. The predicted molar refractivity (Wildman–Crippen MR) is 122 cm³/mol. The van der Waals surface area contributed by atoms with E-state index in [9.17, 15) is 9.59 Å². The molecule has 30 heavy (non-hydrogen) atoms. The highest BCUT2D eigenvalue weighted by Crippen LogP contribution is 2.30. The number of aromatic nitrogens is 2. The summed E-state index contributed by atoms with van der Waals surface area (Å²) >= 11 is 1.46. The van der Waals surface area contributed by atoms with Gasteiger partial charge in [0.05, 0.1) is 6.61 Å². The molecule has 2 heterocycles. The van der Waals surface area contributed by atoms with Gasteiger partial charge in [0.15, 0.2) is 0 Å². The molecule has 0 spiro atoms. The molecule has 0 aliphatic carbocycles.